The maximum Gasteiger partial charge on any atom is 0.219 e. The Morgan fingerprint density at radius 1 is 1.10 bits per heavy atom. The van der Waals surface area contributed by atoms with Crippen LogP contribution in [0.3, 0.4) is 0 Å². The van der Waals surface area contributed by atoms with E-state index in [9.17, 15) is 4.79 Å². The molecule has 0 unspecified atom stereocenters. The largest absolute Gasteiger partial charge is 0.439 e. The molecule has 0 radical (unpaired) electrons. The van der Waals surface area contributed by atoms with E-state index in [1.165, 1.54) is 5.56 Å². The van der Waals surface area contributed by atoms with E-state index in [1.54, 1.807) is 18.3 Å². The fourth-order valence-corrected chi connectivity index (χ4v) is 1.94. The maximum atomic E-state index is 11.5. The van der Waals surface area contributed by atoms with Gasteiger partial charge in [0.1, 0.15) is 5.75 Å². The molecule has 0 aliphatic carbocycles. The summed E-state index contributed by atoms with van der Waals surface area (Å²) in [7, 11) is 0. The fraction of sp³-hybridized carbons (Fsp3) is 0.294. The first-order valence-electron chi connectivity index (χ1n) is 6.99. The van der Waals surface area contributed by atoms with Crippen LogP contribution in [0, 0.1) is 0 Å². The topological polar surface area (TPSA) is 39.2 Å². The highest BCUT2D eigenvalue weighted by Gasteiger charge is 2.04. The van der Waals surface area contributed by atoms with Crippen LogP contribution >= 0.6 is 0 Å². The number of carbonyl (C=O) groups is 1. The number of Topliss-reactive ketones (excluding diaryl/α,β-unsaturated/α-hetero) is 1. The monoisotopic (exact) mass is 269 g/mol. The molecule has 0 amide bonds. The van der Waals surface area contributed by atoms with Gasteiger partial charge in [-0.25, -0.2) is 4.98 Å². The molecule has 1 aromatic heterocycles. The Morgan fingerprint density at radius 2 is 1.85 bits per heavy atom. The lowest BCUT2D eigenvalue weighted by Crippen LogP contribution is -1.97. The van der Waals surface area contributed by atoms with Crippen molar-refractivity contribution in [3.63, 3.8) is 0 Å². The van der Waals surface area contributed by atoms with Gasteiger partial charge in [-0.3, -0.25) is 4.79 Å². The Morgan fingerprint density at radius 3 is 2.40 bits per heavy atom. The smallest absolute Gasteiger partial charge is 0.219 e. The van der Waals surface area contributed by atoms with Gasteiger partial charge in [-0.05, 0) is 30.2 Å². The summed E-state index contributed by atoms with van der Waals surface area (Å²) in [5, 5.41) is 0. The number of hydrogen-bond donors (Lipinski definition) is 0. The van der Waals surface area contributed by atoms with Crippen molar-refractivity contribution in [3.05, 3.63) is 53.7 Å². The van der Waals surface area contributed by atoms with Gasteiger partial charge in [0.15, 0.2) is 5.78 Å². The molecule has 0 bridgehead atoms. The lowest BCUT2D eigenvalue weighted by Gasteiger charge is -2.06. The lowest BCUT2D eigenvalue weighted by molar-refractivity contribution is 0.0988. The first-order chi connectivity index (χ1) is 9.72. The van der Waals surface area contributed by atoms with Crippen molar-refractivity contribution < 1.29 is 9.53 Å². The number of hydrogen-bond acceptors (Lipinski definition) is 3. The number of carbonyl (C=O) groups excluding carboxylic acids is 1. The molecule has 1 heterocycles. The summed E-state index contributed by atoms with van der Waals surface area (Å²) < 4.78 is 5.66. The molecule has 0 saturated heterocycles. The SMILES string of the molecule is CCCc1ccc(Oc2ccc(C(=O)CC)cn2)cc1. The van der Waals surface area contributed by atoms with Crippen molar-refractivity contribution in [1.29, 1.82) is 0 Å². The average Bonchev–Trinajstić information content (AvgIpc) is 2.49. The molecular weight excluding hydrogens is 250 g/mol. The Bertz CT molecular complexity index is 559. The van der Waals surface area contributed by atoms with Crippen LogP contribution in [0.15, 0.2) is 42.6 Å². The number of benzene rings is 1. The number of rotatable bonds is 6. The maximum absolute atomic E-state index is 11.5. The summed E-state index contributed by atoms with van der Waals surface area (Å²) in [5.41, 5.74) is 1.93. The van der Waals surface area contributed by atoms with E-state index >= 15 is 0 Å². The van der Waals surface area contributed by atoms with Crippen molar-refractivity contribution in [2.24, 2.45) is 0 Å². The molecule has 104 valence electrons. The molecule has 1 aromatic carbocycles. The molecule has 3 nitrogen and oxygen atoms in total. The van der Waals surface area contributed by atoms with E-state index in [4.69, 9.17) is 4.74 Å². The molecule has 0 saturated carbocycles. The van der Waals surface area contributed by atoms with Crippen LogP contribution in [-0.2, 0) is 6.42 Å². The van der Waals surface area contributed by atoms with Crippen molar-refractivity contribution >= 4 is 5.78 Å². The molecule has 0 aliphatic heterocycles. The fourth-order valence-electron chi connectivity index (χ4n) is 1.94. The summed E-state index contributed by atoms with van der Waals surface area (Å²) in [6, 6.07) is 11.5. The Balaban J connectivity index is 2.04. The Kier molecular flexibility index (Phi) is 4.88. The summed E-state index contributed by atoms with van der Waals surface area (Å²) in [6.07, 6.45) is 4.26. The zero-order valence-electron chi connectivity index (χ0n) is 11.9. The number of nitrogens with zero attached hydrogens (tertiary/aromatic N) is 1. The summed E-state index contributed by atoms with van der Waals surface area (Å²) >= 11 is 0. The van der Waals surface area contributed by atoms with Gasteiger partial charge in [0.05, 0.1) is 0 Å². The molecule has 2 rings (SSSR count). The van der Waals surface area contributed by atoms with Crippen LogP contribution in [-0.4, -0.2) is 10.8 Å². The first-order valence-corrected chi connectivity index (χ1v) is 6.99. The second kappa shape index (κ2) is 6.85. The van der Waals surface area contributed by atoms with Gasteiger partial charge in [-0.1, -0.05) is 32.4 Å². The van der Waals surface area contributed by atoms with E-state index in [2.05, 4.69) is 24.0 Å². The molecule has 0 spiro atoms. The Hall–Kier alpha value is -2.16. The highest BCUT2D eigenvalue weighted by Crippen LogP contribution is 2.20. The highest BCUT2D eigenvalue weighted by molar-refractivity contribution is 5.95. The molecule has 0 atom stereocenters. The summed E-state index contributed by atoms with van der Waals surface area (Å²) in [6.45, 7) is 4.00. The number of ether oxygens (including phenoxy) is 1. The predicted octanol–water partition coefficient (Wildman–Crippen LogP) is 4.42. The summed E-state index contributed by atoms with van der Waals surface area (Å²) in [4.78, 5) is 15.7. The molecule has 0 aliphatic rings. The van der Waals surface area contributed by atoms with E-state index in [0.29, 0.717) is 17.9 Å². The van der Waals surface area contributed by atoms with Crippen LogP contribution < -0.4 is 4.74 Å². The van der Waals surface area contributed by atoms with Crippen LogP contribution in [0.4, 0.5) is 0 Å². The average molecular weight is 269 g/mol. The lowest BCUT2D eigenvalue weighted by atomic mass is 10.1. The van der Waals surface area contributed by atoms with Gasteiger partial charge in [-0.2, -0.15) is 0 Å². The standard InChI is InChI=1S/C17H19NO2/c1-3-5-13-6-9-15(10-7-13)20-17-11-8-14(12-18-17)16(19)4-2/h6-12H,3-5H2,1-2H3. The number of pyridine rings is 1. The second-order valence-electron chi connectivity index (χ2n) is 4.66. The van der Waals surface area contributed by atoms with Crippen molar-refractivity contribution in [2.75, 3.05) is 0 Å². The molecule has 20 heavy (non-hydrogen) atoms. The zero-order chi connectivity index (χ0) is 14.4. The van der Waals surface area contributed by atoms with Gasteiger partial charge >= 0.3 is 0 Å². The number of aryl methyl sites for hydroxylation is 1. The van der Waals surface area contributed by atoms with E-state index < -0.39 is 0 Å². The zero-order valence-corrected chi connectivity index (χ0v) is 11.9. The molecular formula is C17H19NO2. The highest BCUT2D eigenvalue weighted by atomic mass is 16.5. The normalized spacial score (nSPS) is 10.3. The van der Waals surface area contributed by atoms with Gasteiger partial charge < -0.3 is 4.74 Å². The van der Waals surface area contributed by atoms with Crippen molar-refractivity contribution in [3.8, 4) is 11.6 Å². The second-order valence-corrected chi connectivity index (χ2v) is 4.66. The molecule has 2 aromatic rings. The van der Waals surface area contributed by atoms with Crippen molar-refractivity contribution in [2.45, 2.75) is 33.1 Å². The minimum atomic E-state index is 0.0907. The number of ketones is 1. The molecule has 0 N–H and O–H groups in total. The van der Waals surface area contributed by atoms with E-state index in [-0.39, 0.29) is 5.78 Å². The minimum absolute atomic E-state index is 0.0907. The predicted molar refractivity (Wildman–Crippen MR) is 79.4 cm³/mol. The van der Waals surface area contributed by atoms with Crippen LogP contribution in [0.1, 0.15) is 42.6 Å². The van der Waals surface area contributed by atoms with Gasteiger partial charge in [0, 0.05) is 24.2 Å². The third-order valence-electron chi connectivity index (χ3n) is 3.06. The van der Waals surface area contributed by atoms with Crippen LogP contribution in [0.5, 0.6) is 11.6 Å². The quantitative estimate of drug-likeness (QED) is 0.729. The molecule has 0 fully saturated rings. The number of aromatic nitrogens is 1. The molecule has 3 heteroatoms. The van der Waals surface area contributed by atoms with Crippen molar-refractivity contribution in [1.82, 2.24) is 4.98 Å². The minimum Gasteiger partial charge on any atom is -0.439 e. The third-order valence-corrected chi connectivity index (χ3v) is 3.06. The summed E-state index contributed by atoms with van der Waals surface area (Å²) in [5.74, 6) is 1.35. The van der Waals surface area contributed by atoms with E-state index in [0.717, 1.165) is 18.6 Å². The van der Waals surface area contributed by atoms with Gasteiger partial charge in [-0.15, -0.1) is 0 Å². The third kappa shape index (κ3) is 3.67. The Labute approximate surface area is 119 Å². The first kappa shape index (κ1) is 14.3. The van der Waals surface area contributed by atoms with Gasteiger partial charge in [0.2, 0.25) is 5.88 Å². The van der Waals surface area contributed by atoms with E-state index in [1.807, 2.05) is 19.1 Å². The van der Waals surface area contributed by atoms with Crippen LogP contribution in [0.25, 0.3) is 0 Å². The van der Waals surface area contributed by atoms with Gasteiger partial charge in [0.25, 0.3) is 0 Å². The van der Waals surface area contributed by atoms with Crippen LogP contribution in [0.2, 0.25) is 0 Å².